The first-order chi connectivity index (χ1) is 7.54. The van der Waals surface area contributed by atoms with Gasteiger partial charge in [0.2, 0.25) is 0 Å². The summed E-state index contributed by atoms with van der Waals surface area (Å²) < 4.78 is 5.52. The SMILES string of the molecule is CC(O)CCN(C)C(=O)C1CCC(CN)O1. The molecule has 1 aliphatic heterocycles. The van der Waals surface area contributed by atoms with Crippen molar-refractivity contribution >= 4 is 5.91 Å². The molecule has 1 aliphatic rings. The largest absolute Gasteiger partial charge is 0.393 e. The quantitative estimate of drug-likeness (QED) is 0.681. The van der Waals surface area contributed by atoms with Gasteiger partial charge in [0.15, 0.2) is 0 Å². The van der Waals surface area contributed by atoms with Gasteiger partial charge in [-0.2, -0.15) is 0 Å². The van der Waals surface area contributed by atoms with Crippen LogP contribution in [0.2, 0.25) is 0 Å². The fourth-order valence-electron chi connectivity index (χ4n) is 1.80. The number of nitrogens with two attached hydrogens (primary N) is 1. The van der Waals surface area contributed by atoms with E-state index in [2.05, 4.69) is 0 Å². The molecule has 94 valence electrons. The highest BCUT2D eigenvalue weighted by Crippen LogP contribution is 2.20. The lowest BCUT2D eigenvalue weighted by atomic mass is 10.1. The van der Waals surface area contributed by atoms with Gasteiger partial charge in [0.1, 0.15) is 6.10 Å². The number of aliphatic hydroxyl groups excluding tert-OH is 1. The van der Waals surface area contributed by atoms with E-state index in [1.54, 1.807) is 18.9 Å². The predicted molar refractivity (Wildman–Crippen MR) is 60.9 cm³/mol. The minimum atomic E-state index is -0.378. The fourth-order valence-corrected chi connectivity index (χ4v) is 1.80. The third-order valence-electron chi connectivity index (χ3n) is 2.90. The second kappa shape index (κ2) is 6.18. The van der Waals surface area contributed by atoms with Crippen molar-refractivity contribution in [2.75, 3.05) is 20.1 Å². The first-order valence-corrected chi connectivity index (χ1v) is 5.83. The summed E-state index contributed by atoms with van der Waals surface area (Å²) >= 11 is 0. The van der Waals surface area contributed by atoms with Gasteiger partial charge in [0, 0.05) is 20.1 Å². The van der Waals surface area contributed by atoms with Crippen LogP contribution in [-0.2, 0) is 9.53 Å². The molecule has 1 amide bonds. The summed E-state index contributed by atoms with van der Waals surface area (Å²) in [4.78, 5) is 13.5. The molecule has 1 heterocycles. The van der Waals surface area contributed by atoms with Crippen LogP contribution in [0.4, 0.5) is 0 Å². The first-order valence-electron chi connectivity index (χ1n) is 5.83. The molecule has 0 radical (unpaired) electrons. The third kappa shape index (κ3) is 3.73. The number of carbonyl (C=O) groups is 1. The van der Waals surface area contributed by atoms with Crippen LogP contribution in [0.15, 0.2) is 0 Å². The summed E-state index contributed by atoms with van der Waals surface area (Å²) in [6.45, 7) is 2.75. The Hall–Kier alpha value is -0.650. The minimum Gasteiger partial charge on any atom is -0.393 e. The zero-order valence-corrected chi connectivity index (χ0v) is 10.1. The third-order valence-corrected chi connectivity index (χ3v) is 2.90. The van der Waals surface area contributed by atoms with E-state index in [-0.39, 0.29) is 24.2 Å². The maximum Gasteiger partial charge on any atom is 0.251 e. The average Bonchev–Trinajstić information content (AvgIpc) is 2.73. The zero-order valence-electron chi connectivity index (χ0n) is 10.1. The van der Waals surface area contributed by atoms with E-state index in [1.165, 1.54) is 0 Å². The van der Waals surface area contributed by atoms with Gasteiger partial charge >= 0.3 is 0 Å². The maximum atomic E-state index is 11.9. The van der Waals surface area contributed by atoms with E-state index in [9.17, 15) is 4.79 Å². The second-order valence-electron chi connectivity index (χ2n) is 4.46. The fraction of sp³-hybridized carbons (Fsp3) is 0.909. The van der Waals surface area contributed by atoms with E-state index in [0.29, 0.717) is 19.5 Å². The van der Waals surface area contributed by atoms with Crippen LogP contribution < -0.4 is 5.73 Å². The van der Waals surface area contributed by atoms with Crippen molar-refractivity contribution in [3.8, 4) is 0 Å². The number of rotatable bonds is 5. The number of aliphatic hydroxyl groups is 1. The van der Waals surface area contributed by atoms with Gasteiger partial charge < -0.3 is 20.5 Å². The highest BCUT2D eigenvalue weighted by Gasteiger charge is 2.31. The lowest BCUT2D eigenvalue weighted by Crippen LogP contribution is -2.38. The molecule has 0 bridgehead atoms. The molecule has 1 fully saturated rings. The lowest BCUT2D eigenvalue weighted by Gasteiger charge is -2.21. The summed E-state index contributed by atoms with van der Waals surface area (Å²) in [5.41, 5.74) is 5.49. The number of carbonyl (C=O) groups excluding carboxylic acids is 1. The minimum absolute atomic E-state index is 0.00315. The Labute approximate surface area is 96.6 Å². The van der Waals surface area contributed by atoms with Crippen molar-refractivity contribution in [1.29, 1.82) is 0 Å². The molecule has 5 heteroatoms. The van der Waals surface area contributed by atoms with Gasteiger partial charge in [0.25, 0.3) is 5.91 Å². The number of nitrogens with zero attached hydrogens (tertiary/aromatic N) is 1. The van der Waals surface area contributed by atoms with E-state index >= 15 is 0 Å². The molecule has 0 aromatic heterocycles. The monoisotopic (exact) mass is 230 g/mol. The van der Waals surface area contributed by atoms with Gasteiger partial charge in [0.05, 0.1) is 12.2 Å². The van der Waals surface area contributed by atoms with Crippen molar-refractivity contribution < 1.29 is 14.6 Å². The highest BCUT2D eigenvalue weighted by atomic mass is 16.5. The lowest BCUT2D eigenvalue weighted by molar-refractivity contribution is -0.141. The van der Waals surface area contributed by atoms with Crippen LogP contribution in [0.1, 0.15) is 26.2 Å². The van der Waals surface area contributed by atoms with Crippen LogP contribution in [0, 0.1) is 0 Å². The number of likely N-dealkylation sites (N-methyl/N-ethyl adjacent to an activating group) is 1. The number of amides is 1. The topological polar surface area (TPSA) is 75.8 Å². The first kappa shape index (κ1) is 13.4. The summed E-state index contributed by atoms with van der Waals surface area (Å²) in [6.07, 6.45) is 1.51. The van der Waals surface area contributed by atoms with Gasteiger partial charge in [-0.25, -0.2) is 0 Å². The Morgan fingerprint density at radius 3 is 2.81 bits per heavy atom. The number of hydrogen-bond acceptors (Lipinski definition) is 4. The van der Waals surface area contributed by atoms with E-state index in [0.717, 1.165) is 12.8 Å². The molecule has 0 aromatic carbocycles. The Bertz CT molecular complexity index is 233. The molecule has 5 nitrogen and oxygen atoms in total. The van der Waals surface area contributed by atoms with Crippen LogP contribution in [-0.4, -0.2) is 54.4 Å². The van der Waals surface area contributed by atoms with Gasteiger partial charge in [-0.3, -0.25) is 4.79 Å². The van der Waals surface area contributed by atoms with Crippen LogP contribution in [0.5, 0.6) is 0 Å². The van der Waals surface area contributed by atoms with Crippen molar-refractivity contribution in [2.24, 2.45) is 5.73 Å². The predicted octanol–water partition coefficient (Wildman–Crippen LogP) is -0.278. The Kier molecular flexibility index (Phi) is 5.18. The van der Waals surface area contributed by atoms with Crippen molar-refractivity contribution in [1.82, 2.24) is 4.90 Å². The van der Waals surface area contributed by atoms with E-state index in [4.69, 9.17) is 15.6 Å². The van der Waals surface area contributed by atoms with E-state index < -0.39 is 0 Å². The van der Waals surface area contributed by atoms with Crippen molar-refractivity contribution in [3.63, 3.8) is 0 Å². The van der Waals surface area contributed by atoms with Crippen LogP contribution >= 0.6 is 0 Å². The van der Waals surface area contributed by atoms with Gasteiger partial charge in [-0.05, 0) is 26.2 Å². The summed E-state index contributed by atoms with van der Waals surface area (Å²) in [5.74, 6) is -0.00315. The summed E-state index contributed by atoms with van der Waals surface area (Å²) in [6, 6.07) is 0. The van der Waals surface area contributed by atoms with Gasteiger partial charge in [-0.15, -0.1) is 0 Å². The molecule has 0 aliphatic carbocycles. The van der Waals surface area contributed by atoms with Crippen molar-refractivity contribution in [3.05, 3.63) is 0 Å². The average molecular weight is 230 g/mol. The normalized spacial score (nSPS) is 26.8. The number of ether oxygens (including phenoxy) is 1. The molecule has 0 saturated carbocycles. The number of hydrogen-bond donors (Lipinski definition) is 2. The van der Waals surface area contributed by atoms with Crippen LogP contribution in [0.25, 0.3) is 0 Å². The van der Waals surface area contributed by atoms with E-state index in [1.807, 2.05) is 0 Å². The standard InChI is InChI=1S/C11H22N2O3/c1-8(14)5-6-13(2)11(15)10-4-3-9(7-12)16-10/h8-10,14H,3-7,12H2,1-2H3. The molecule has 16 heavy (non-hydrogen) atoms. The summed E-state index contributed by atoms with van der Waals surface area (Å²) in [5, 5.41) is 9.14. The molecule has 3 unspecified atom stereocenters. The smallest absolute Gasteiger partial charge is 0.251 e. The molecular weight excluding hydrogens is 208 g/mol. The molecule has 0 spiro atoms. The highest BCUT2D eigenvalue weighted by molar-refractivity contribution is 5.80. The molecule has 1 rings (SSSR count). The molecule has 3 N–H and O–H groups in total. The molecule has 0 aromatic rings. The molecule has 3 atom stereocenters. The van der Waals surface area contributed by atoms with Gasteiger partial charge in [-0.1, -0.05) is 0 Å². The molecular formula is C11H22N2O3. The zero-order chi connectivity index (χ0) is 12.1. The second-order valence-corrected chi connectivity index (χ2v) is 4.46. The van der Waals surface area contributed by atoms with Crippen LogP contribution in [0.3, 0.4) is 0 Å². The Balaban J connectivity index is 2.33. The summed E-state index contributed by atoms with van der Waals surface area (Å²) in [7, 11) is 1.74. The Morgan fingerprint density at radius 1 is 1.62 bits per heavy atom. The molecule has 1 saturated heterocycles. The van der Waals surface area contributed by atoms with Crippen molar-refractivity contribution in [2.45, 2.75) is 44.5 Å². The Morgan fingerprint density at radius 2 is 2.31 bits per heavy atom. The maximum absolute atomic E-state index is 11.9.